The molecule has 0 aromatic heterocycles. The highest BCUT2D eigenvalue weighted by atomic mass is 32.2. The fourth-order valence-corrected chi connectivity index (χ4v) is 2.89. The lowest BCUT2D eigenvalue weighted by molar-refractivity contribution is -0.0872. The number of morpholine rings is 1. The maximum atomic E-state index is 12.1. The van der Waals surface area contributed by atoms with E-state index < -0.39 is 10.8 Å². The molecule has 2 amide bonds. The average molecular weight is 304 g/mol. The number of hydrogen-bond donors (Lipinski definition) is 1. The van der Waals surface area contributed by atoms with Crippen LogP contribution in [0.25, 0.3) is 0 Å². The second-order valence-electron chi connectivity index (χ2n) is 6.47. The second kappa shape index (κ2) is 6.89. The van der Waals surface area contributed by atoms with Gasteiger partial charge in [-0.25, -0.2) is 4.79 Å². The first kappa shape index (κ1) is 17.4. The zero-order chi connectivity index (χ0) is 15.4. The molecule has 1 N–H and O–H groups in total. The number of ether oxygens (including phenoxy) is 1. The van der Waals surface area contributed by atoms with Crippen LogP contribution in [0.4, 0.5) is 4.79 Å². The molecule has 1 fully saturated rings. The number of nitrogens with zero attached hydrogens (tertiary/aromatic N) is 1. The van der Waals surface area contributed by atoms with Crippen molar-refractivity contribution in [1.29, 1.82) is 0 Å². The van der Waals surface area contributed by atoms with E-state index in [0.717, 1.165) is 6.42 Å². The predicted molar refractivity (Wildman–Crippen MR) is 82.4 cm³/mol. The quantitative estimate of drug-likeness (QED) is 0.861. The molecule has 0 aromatic rings. The minimum absolute atomic E-state index is 0.0844. The molecule has 1 rings (SSSR count). The van der Waals surface area contributed by atoms with Crippen molar-refractivity contribution in [3.63, 3.8) is 0 Å². The molecule has 118 valence electrons. The van der Waals surface area contributed by atoms with Crippen LogP contribution in [-0.2, 0) is 15.5 Å². The first-order valence-corrected chi connectivity index (χ1v) is 8.55. The van der Waals surface area contributed by atoms with Crippen molar-refractivity contribution >= 4 is 16.8 Å². The molecule has 1 saturated heterocycles. The number of carbonyl (C=O) groups is 1. The highest BCUT2D eigenvalue weighted by molar-refractivity contribution is 7.86. The van der Waals surface area contributed by atoms with Crippen LogP contribution in [0.1, 0.15) is 41.0 Å². The van der Waals surface area contributed by atoms with Gasteiger partial charge in [0.05, 0.1) is 18.8 Å². The Hall–Kier alpha value is -0.620. The van der Waals surface area contributed by atoms with Crippen molar-refractivity contribution in [3.05, 3.63) is 0 Å². The SMILES string of the molecule is CC[C@@]1(C)CN(C(=O)NCC[S@](=O)C(C)(C)C)CCO1. The third-order valence-corrected chi connectivity index (χ3v) is 5.56. The highest BCUT2D eigenvalue weighted by Gasteiger charge is 2.32. The summed E-state index contributed by atoms with van der Waals surface area (Å²) in [5.41, 5.74) is -0.246. The molecule has 1 aliphatic heterocycles. The first-order chi connectivity index (χ1) is 9.18. The van der Waals surface area contributed by atoms with Crippen molar-refractivity contribution in [1.82, 2.24) is 10.2 Å². The molecule has 0 radical (unpaired) electrons. The van der Waals surface area contributed by atoms with Crippen LogP contribution < -0.4 is 5.32 Å². The Morgan fingerprint density at radius 3 is 2.65 bits per heavy atom. The van der Waals surface area contributed by atoms with Crippen LogP contribution in [0.5, 0.6) is 0 Å². The number of nitrogens with one attached hydrogen (secondary N) is 1. The summed E-state index contributed by atoms with van der Waals surface area (Å²) in [6.07, 6.45) is 0.880. The van der Waals surface area contributed by atoms with Gasteiger partial charge in [-0.3, -0.25) is 4.21 Å². The van der Waals surface area contributed by atoms with Crippen molar-refractivity contribution in [3.8, 4) is 0 Å². The Morgan fingerprint density at radius 1 is 1.45 bits per heavy atom. The van der Waals surface area contributed by atoms with E-state index in [1.165, 1.54) is 0 Å². The molecular weight excluding hydrogens is 276 g/mol. The Balaban J connectivity index is 2.38. The molecule has 0 aliphatic carbocycles. The molecule has 0 spiro atoms. The summed E-state index contributed by atoms with van der Waals surface area (Å²) in [5.74, 6) is 0.491. The summed E-state index contributed by atoms with van der Waals surface area (Å²) in [5, 5.41) is 2.86. The lowest BCUT2D eigenvalue weighted by atomic mass is 10.0. The van der Waals surface area contributed by atoms with Crippen LogP contribution >= 0.6 is 0 Å². The van der Waals surface area contributed by atoms with Crippen molar-refractivity contribution in [2.75, 3.05) is 32.0 Å². The van der Waals surface area contributed by atoms with Crippen LogP contribution in [0.3, 0.4) is 0 Å². The molecule has 2 atom stereocenters. The number of amides is 2. The average Bonchev–Trinajstić information content (AvgIpc) is 2.37. The summed E-state index contributed by atoms with van der Waals surface area (Å²) in [6.45, 7) is 12.2. The summed E-state index contributed by atoms with van der Waals surface area (Å²) < 4.78 is 17.4. The van der Waals surface area contributed by atoms with Crippen molar-refractivity contribution < 1.29 is 13.7 Å². The third-order valence-electron chi connectivity index (χ3n) is 3.62. The molecule has 1 aliphatic rings. The summed E-state index contributed by atoms with van der Waals surface area (Å²) in [4.78, 5) is 13.9. The van der Waals surface area contributed by atoms with Gasteiger partial charge in [0, 0.05) is 34.4 Å². The molecule has 5 nitrogen and oxygen atoms in total. The zero-order valence-corrected chi connectivity index (χ0v) is 14.1. The molecule has 0 unspecified atom stereocenters. The van der Waals surface area contributed by atoms with Gasteiger partial charge in [0.2, 0.25) is 0 Å². The van der Waals surface area contributed by atoms with E-state index in [-0.39, 0.29) is 16.4 Å². The highest BCUT2D eigenvalue weighted by Crippen LogP contribution is 2.20. The van der Waals surface area contributed by atoms with Gasteiger partial charge >= 0.3 is 6.03 Å². The third kappa shape index (κ3) is 5.05. The van der Waals surface area contributed by atoms with E-state index in [0.29, 0.717) is 32.0 Å². The monoisotopic (exact) mass is 304 g/mol. The number of hydrogen-bond acceptors (Lipinski definition) is 3. The van der Waals surface area contributed by atoms with Crippen molar-refractivity contribution in [2.24, 2.45) is 0 Å². The van der Waals surface area contributed by atoms with Crippen LogP contribution in [0, 0.1) is 0 Å². The number of rotatable bonds is 4. The van der Waals surface area contributed by atoms with E-state index in [9.17, 15) is 9.00 Å². The Bertz CT molecular complexity index is 368. The van der Waals surface area contributed by atoms with Gasteiger partial charge in [0.25, 0.3) is 0 Å². The standard InChI is InChI=1S/C14H28N2O3S/c1-6-14(5)11-16(8-9-19-14)12(17)15-7-10-20(18)13(2,3)4/h6-11H2,1-5H3,(H,15,17)/t14-,20-/m0/s1. The van der Waals surface area contributed by atoms with Gasteiger partial charge < -0.3 is 15.0 Å². The van der Waals surface area contributed by atoms with E-state index in [1.807, 2.05) is 27.7 Å². The molecule has 6 heteroatoms. The number of carbonyl (C=O) groups excluding carboxylic acids is 1. The van der Waals surface area contributed by atoms with Crippen LogP contribution in [-0.4, -0.2) is 57.5 Å². The van der Waals surface area contributed by atoms with E-state index in [1.54, 1.807) is 4.90 Å². The minimum Gasteiger partial charge on any atom is -0.372 e. The summed E-state index contributed by atoms with van der Waals surface area (Å²) in [7, 11) is -0.934. The van der Waals surface area contributed by atoms with Gasteiger partial charge in [-0.15, -0.1) is 0 Å². The Morgan fingerprint density at radius 2 is 2.10 bits per heavy atom. The van der Waals surface area contributed by atoms with Gasteiger partial charge in [-0.2, -0.15) is 0 Å². The minimum atomic E-state index is -0.934. The fraction of sp³-hybridized carbons (Fsp3) is 0.929. The Labute approximate surface area is 124 Å². The topological polar surface area (TPSA) is 58.6 Å². The summed E-state index contributed by atoms with van der Waals surface area (Å²) >= 11 is 0. The van der Waals surface area contributed by atoms with E-state index in [4.69, 9.17) is 4.74 Å². The fourth-order valence-electron chi connectivity index (χ4n) is 1.99. The van der Waals surface area contributed by atoms with E-state index >= 15 is 0 Å². The molecule has 0 bridgehead atoms. The summed E-state index contributed by atoms with van der Waals surface area (Å²) in [6, 6.07) is -0.0844. The molecule has 0 saturated carbocycles. The van der Waals surface area contributed by atoms with E-state index in [2.05, 4.69) is 12.2 Å². The number of urea groups is 1. The van der Waals surface area contributed by atoms with Gasteiger partial charge in [-0.05, 0) is 34.1 Å². The lowest BCUT2D eigenvalue weighted by Gasteiger charge is -2.39. The zero-order valence-electron chi connectivity index (χ0n) is 13.3. The largest absolute Gasteiger partial charge is 0.372 e. The normalized spacial score (nSPS) is 25.4. The molecule has 1 heterocycles. The van der Waals surface area contributed by atoms with Gasteiger partial charge in [0.1, 0.15) is 0 Å². The maximum absolute atomic E-state index is 12.1. The maximum Gasteiger partial charge on any atom is 0.317 e. The van der Waals surface area contributed by atoms with Crippen LogP contribution in [0.15, 0.2) is 0 Å². The van der Waals surface area contributed by atoms with Gasteiger partial charge in [0.15, 0.2) is 0 Å². The predicted octanol–water partition coefficient (Wildman–Crippen LogP) is 1.74. The van der Waals surface area contributed by atoms with Crippen molar-refractivity contribution in [2.45, 2.75) is 51.4 Å². The van der Waals surface area contributed by atoms with Gasteiger partial charge in [-0.1, -0.05) is 6.92 Å². The smallest absolute Gasteiger partial charge is 0.317 e. The second-order valence-corrected chi connectivity index (χ2v) is 8.79. The molecule has 0 aromatic carbocycles. The first-order valence-electron chi connectivity index (χ1n) is 7.23. The Kier molecular flexibility index (Phi) is 6.01. The molecular formula is C14H28N2O3S. The lowest BCUT2D eigenvalue weighted by Crippen LogP contribution is -2.54. The molecule has 20 heavy (non-hydrogen) atoms. The van der Waals surface area contributed by atoms with Crippen LogP contribution in [0.2, 0.25) is 0 Å².